The Bertz CT molecular complexity index is 426. The van der Waals surface area contributed by atoms with Gasteiger partial charge in [-0.2, -0.15) is 0 Å². The highest BCUT2D eigenvalue weighted by Crippen LogP contribution is 2.14. The molecule has 1 rings (SSSR count). The molecule has 0 saturated heterocycles. The summed E-state index contributed by atoms with van der Waals surface area (Å²) in [5.41, 5.74) is -0.456. The van der Waals surface area contributed by atoms with E-state index in [0.717, 1.165) is 0 Å². The molecule has 0 amide bonds. The van der Waals surface area contributed by atoms with Crippen molar-refractivity contribution in [2.24, 2.45) is 5.41 Å². The average Bonchev–Trinajstić information content (AvgIpc) is 2.28. The van der Waals surface area contributed by atoms with E-state index < -0.39 is 15.4 Å². The lowest BCUT2D eigenvalue weighted by Gasteiger charge is -2.21. The van der Waals surface area contributed by atoms with Crippen molar-refractivity contribution in [2.75, 3.05) is 13.2 Å². The van der Waals surface area contributed by atoms with Crippen LogP contribution < -0.4 is 4.72 Å². The van der Waals surface area contributed by atoms with Gasteiger partial charge in [0.05, 0.1) is 4.90 Å². The molecule has 2 N–H and O–H groups in total. The van der Waals surface area contributed by atoms with E-state index >= 15 is 0 Å². The molecule has 4 nitrogen and oxygen atoms in total. The zero-order valence-electron chi connectivity index (χ0n) is 9.47. The number of benzene rings is 1. The molecule has 0 bridgehead atoms. The normalized spacial score (nSPS) is 12.7. The highest BCUT2D eigenvalue weighted by Gasteiger charge is 2.21. The van der Waals surface area contributed by atoms with Crippen molar-refractivity contribution in [3.63, 3.8) is 0 Å². The second-order valence-corrected chi connectivity index (χ2v) is 6.23. The number of aliphatic hydroxyl groups excluding tert-OH is 1. The lowest BCUT2D eigenvalue weighted by atomic mass is 9.96. The van der Waals surface area contributed by atoms with E-state index in [1.807, 2.05) is 0 Å². The maximum atomic E-state index is 11.8. The quantitative estimate of drug-likeness (QED) is 0.810. The summed E-state index contributed by atoms with van der Waals surface area (Å²) in [6.07, 6.45) is 0. The van der Waals surface area contributed by atoms with Gasteiger partial charge in [0, 0.05) is 18.6 Å². The van der Waals surface area contributed by atoms with Gasteiger partial charge >= 0.3 is 0 Å². The summed E-state index contributed by atoms with van der Waals surface area (Å²) in [4.78, 5) is 0.240. The van der Waals surface area contributed by atoms with Gasteiger partial charge in [-0.05, 0) is 12.1 Å². The van der Waals surface area contributed by atoms with Gasteiger partial charge in [-0.25, -0.2) is 13.1 Å². The standard InChI is InChI=1S/C11H17NO3S/c1-11(2,9-13)8-12-16(14,15)10-6-4-3-5-7-10/h3-7,12-13H,8-9H2,1-2H3. The summed E-state index contributed by atoms with van der Waals surface area (Å²) in [5.74, 6) is 0. The van der Waals surface area contributed by atoms with E-state index in [1.54, 1.807) is 32.0 Å². The third-order valence-corrected chi connectivity index (χ3v) is 3.64. The molecule has 0 heterocycles. The predicted octanol–water partition coefficient (Wildman–Crippen LogP) is 0.983. The van der Waals surface area contributed by atoms with Gasteiger partial charge in [0.1, 0.15) is 0 Å². The molecule has 1 aromatic carbocycles. The number of hydrogen-bond acceptors (Lipinski definition) is 3. The molecule has 0 spiro atoms. The molecular formula is C11H17NO3S. The van der Waals surface area contributed by atoms with Crippen LogP contribution in [0.2, 0.25) is 0 Å². The van der Waals surface area contributed by atoms with Crippen LogP contribution in [0.1, 0.15) is 13.8 Å². The second-order valence-electron chi connectivity index (χ2n) is 4.46. The molecule has 0 aromatic heterocycles. The third-order valence-electron chi connectivity index (χ3n) is 2.22. The van der Waals surface area contributed by atoms with Crippen molar-refractivity contribution >= 4 is 10.0 Å². The molecule has 0 aliphatic rings. The van der Waals surface area contributed by atoms with Gasteiger partial charge in [0.2, 0.25) is 10.0 Å². The van der Waals surface area contributed by atoms with Gasteiger partial charge in [0.25, 0.3) is 0 Å². The number of nitrogens with one attached hydrogen (secondary N) is 1. The number of rotatable bonds is 5. The summed E-state index contributed by atoms with van der Waals surface area (Å²) < 4.78 is 26.1. The molecule has 0 unspecified atom stereocenters. The lowest BCUT2D eigenvalue weighted by Crippen LogP contribution is -2.36. The number of aliphatic hydroxyl groups is 1. The molecule has 16 heavy (non-hydrogen) atoms. The van der Waals surface area contributed by atoms with Crippen LogP contribution in [0.15, 0.2) is 35.2 Å². The Hall–Kier alpha value is -0.910. The van der Waals surface area contributed by atoms with E-state index in [0.29, 0.717) is 0 Å². The molecule has 0 saturated carbocycles. The zero-order chi connectivity index (χ0) is 12.2. The van der Waals surface area contributed by atoms with Crippen molar-refractivity contribution in [2.45, 2.75) is 18.7 Å². The lowest BCUT2D eigenvalue weighted by molar-refractivity contribution is 0.163. The third kappa shape index (κ3) is 3.59. The van der Waals surface area contributed by atoms with Crippen LogP contribution >= 0.6 is 0 Å². The minimum atomic E-state index is -3.46. The molecular weight excluding hydrogens is 226 g/mol. The second kappa shape index (κ2) is 4.95. The van der Waals surface area contributed by atoms with Crippen molar-refractivity contribution in [1.29, 1.82) is 0 Å². The highest BCUT2D eigenvalue weighted by molar-refractivity contribution is 7.89. The van der Waals surface area contributed by atoms with E-state index in [-0.39, 0.29) is 18.0 Å². The topological polar surface area (TPSA) is 66.4 Å². The summed E-state index contributed by atoms with van der Waals surface area (Å²) >= 11 is 0. The van der Waals surface area contributed by atoms with Crippen molar-refractivity contribution in [3.05, 3.63) is 30.3 Å². The van der Waals surface area contributed by atoms with Crippen molar-refractivity contribution in [3.8, 4) is 0 Å². The molecule has 90 valence electrons. The fourth-order valence-corrected chi connectivity index (χ4v) is 2.29. The molecule has 0 aliphatic heterocycles. The first-order valence-electron chi connectivity index (χ1n) is 5.03. The van der Waals surface area contributed by atoms with Crippen LogP contribution in [0.25, 0.3) is 0 Å². The van der Waals surface area contributed by atoms with Crippen LogP contribution in [0.4, 0.5) is 0 Å². The number of hydrogen-bond donors (Lipinski definition) is 2. The summed E-state index contributed by atoms with van der Waals surface area (Å²) in [7, 11) is -3.46. The van der Waals surface area contributed by atoms with Gasteiger partial charge in [-0.1, -0.05) is 32.0 Å². The average molecular weight is 243 g/mol. The largest absolute Gasteiger partial charge is 0.396 e. The monoisotopic (exact) mass is 243 g/mol. The molecule has 0 radical (unpaired) electrons. The number of sulfonamides is 1. The molecule has 0 aliphatic carbocycles. The fraction of sp³-hybridized carbons (Fsp3) is 0.455. The van der Waals surface area contributed by atoms with Crippen LogP contribution in [0.5, 0.6) is 0 Å². The molecule has 5 heteroatoms. The Kier molecular flexibility index (Phi) is 4.07. The van der Waals surface area contributed by atoms with Crippen LogP contribution in [-0.4, -0.2) is 26.7 Å². The van der Waals surface area contributed by atoms with E-state index in [4.69, 9.17) is 5.11 Å². The minimum absolute atomic E-state index is 0.0652. The predicted molar refractivity (Wildman–Crippen MR) is 62.5 cm³/mol. The Morgan fingerprint density at radius 3 is 2.31 bits per heavy atom. The Labute approximate surface area is 96.4 Å². The molecule has 0 atom stereocenters. The first-order chi connectivity index (χ1) is 7.37. The van der Waals surface area contributed by atoms with E-state index in [9.17, 15) is 8.42 Å². The summed E-state index contributed by atoms with van der Waals surface area (Å²) in [6, 6.07) is 8.18. The van der Waals surface area contributed by atoms with E-state index in [2.05, 4.69) is 4.72 Å². The molecule has 1 aromatic rings. The van der Waals surface area contributed by atoms with Gasteiger partial charge in [-0.15, -0.1) is 0 Å². The Morgan fingerprint density at radius 1 is 1.25 bits per heavy atom. The fourth-order valence-electron chi connectivity index (χ4n) is 1.03. The summed E-state index contributed by atoms with van der Waals surface area (Å²) in [5, 5.41) is 9.03. The van der Waals surface area contributed by atoms with Crippen LogP contribution in [0, 0.1) is 5.41 Å². The smallest absolute Gasteiger partial charge is 0.240 e. The maximum Gasteiger partial charge on any atom is 0.240 e. The van der Waals surface area contributed by atoms with Crippen LogP contribution in [-0.2, 0) is 10.0 Å². The van der Waals surface area contributed by atoms with Gasteiger partial charge in [-0.3, -0.25) is 0 Å². The Morgan fingerprint density at radius 2 is 1.81 bits per heavy atom. The SMILES string of the molecule is CC(C)(CO)CNS(=O)(=O)c1ccccc1. The first kappa shape index (κ1) is 13.2. The van der Waals surface area contributed by atoms with Crippen LogP contribution in [0.3, 0.4) is 0 Å². The minimum Gasteiger partial charge on any atom is -0.396 e. The summed E-state index contributed by atoms with van der Waals surface area (Å²) in [6.45, 7) is 3.73. The van der Waals surface area contributed by atoms with E-state index in [1.165, 1.54) is 12.1 Å². The zero-order valence-corrected chi connectivity index (χ0v) is 10.3. The Balaban J connectivity index is 2.75. The van der Waals surface area contributed by atoms with Gasteiger partial charge in [0.15, 0.2) is 0 Å². The first-order valence-corrected chi connectivity index (χ1v) is 6.51. The highest BCUT2D eigenvalue weighted by atomic mass is 32.2. The molecule has 0 fully saturated rings. The van der Waals surface area contributed by atoms with Crippen molar-refractivity contribution in [1.82, 2.24) is 4.72 Å². The van der Waals surface area contributed by atoms with Crippen molar-refractivity contribution < 1.29 is 13.5 Å². The maximum absolute atomic E-state index is 11.8. The van der Waals surface area contributed by atoms with Gasteiger partial charge < -0.3 is 5.11 Å².